The summed E-state index contributed by atoms with van der Waals surface area (Å²) in [6.07, 6.45) is 0. The van der Waals surface area contributed by atoms with Gasteiger partial charge in [0.05, 0.1) is 11.6 Å². The van der Waals surface area contributed by atoms with Crippen LogP contribution >= 0.6 is 15.9 Å². The van der Waals surface area contributed by atoms with Crippen molar-refractivity contribution < 1.29 is 14.7 Å². The second-order valence-electron chi connectivity index (χ2n) is 8.45. The summed E-state index contributed by atoms with van der Waals surface area (Å²) < 4.78 is 0.898. The molecule has 0 aliphatic carbocycles. The Morgan fingerprint density at radius 3 is 2.15 bits per heavy atom. The molecule has 1 heterocycles. The fourth-order valence-electron chi connectivity index (χ4n) is 4.02. The van der Waals surface area contributed by atoms with Crippen molar-refractivity contribution in [3.8, 4) is 0 Å². The maximum Gasteiger partial charge on any atom is 0.300 e. The Balaban J connectivity index is 1.93. The monoisotopic (exact) mass is 504 g/mol. The maximum atomic E-state index is 13.3. The summed E-state index contributed by atoms with van der Waals surface area (Å²) in [5.74, 6) is -1.54. The van der Waals surface area contributed by atoms with Crippen molar-refractivity contribution in [1.29, 1.82) is 0 Å². The fraction of sp³-hybridized carbons (Fsp3) is 0.185. The minimum Gasteiger partial charge on any atom is -0.507 e. The fourth-order valence-corrected chi connectivity index (χ4v) is 4.27. The molecule has 1 atom stereocenters. The molecule has 0 spiro atoms. The van der Waals surface area contributed by atoms with Crippen LogP contribution in [0.5, 0.6) is 0 Å². The lowest BCUT2D eigenvalue weighted by atomic mass is 9.94. The second kappa shape index (κ2) is 8.87. The van der Waals surface area contributed by atoms with E-state index in [1.165, 1.54) is 4.90 Å². The average molecular weight is 505 g/mol. The third-order valence-corrected chi connectivity index (χ3v) is 6.80. The summed E-state index contributed by atoms with van der Waals surface area (Å²) in [5, 5.41) is 11.3. The normalized spacial score (nSPS) is 17.5. The lowest BCUT2D eigenvalue weighted by molar-refractivity contribution is -0.132. The molecular formula is C27H25BrN2O3. The van der Waals surface area contributed by atoms with E-state index >= 15 is 0 Å². The zero-order chi connectivity index (χ0) is 23.9. The van der Waals surface area contributed by atoms with Crippen molar-refractivity contribution in [1.82, 2.24) is 0 Å². The van der Waals surface area contributed by atoms with Crippen LogP contribution in [0.4, 0.5) is 11.4 Å². The summed E-state index contributed by atoms with van der Waals surface area (Å²) in [5.41, 5.74) is 4.89. The SMILES string of the molecule is Cc1ccc(N2C(=O)C(=O)/C(=C(\O)c3ccc(Br)c(C)c3)C2c2ccc(N(C)C)cc2)cc1. The number of carbonyl (C=O) groups excluding carboxylic acids is 2. The molecule has 1 amide bonds. The first kappa shape index (κ1) is 22.8. The van der Waals surface area contributed by atoms with Gasteiger partial charge in [-0.05, 0) is 61.4 Å². The molecule has 1 N–H and O–H groups in total. The van der Waals surface area contributed by atoms with Gasteiger partial charge < -0.3 is 10.0 Å². The zero-order valence-electron chi connectivity index (χ0n) is 19.0. The van der Waals surface area contributed by atoms with Gasteiger partial charge in [-0.1, -0.05) is 51.8 Å². The highest BCUT2D eigenvalue weighted by Crippen LogP contribution is 2.42. The highest BCUT2D eigenvalue weighted by molar-refractivity contribution is 9.10. The molecule has 1 aliphatic heterocycles. The number of anilines is 2. The standard InChI is InChI=1S/C27H25BrN2O3/c1-16-5-10-21(11-6-16)30-24(18-7-12-20(13-8-18)29(3)4)23(26(32)27(30)33)25(31)19-9-14-22(28)17(2)15-19/h5-15,24,31H,1-4H3/b25-23-. The molecule has 1 unspecified atom stereocenters. The van der Waals surface area contributed by atoms with Crippen molar-refractivity contribution in [2.45, 2.75) is 19.9 Å². The Labute approximate surface area is 202 Å². The number of rotatable bonds is 4. The molecule has 1 fully saturated rings. The van der Waals surface area contributed by atoms with E-state index in [0.29, 0.717) is 11.3 Å². The number of aliphatic hydroxyl groups is 1. The van der Waals surface area contributed by atoms with E-state index in [-0.39, 0.29) is 11.3 Å². The lowest BCUT2D eigenvalue weighted by Crippen LogP contribution is -2.29. The quantitative estimate of drug-likeness (QED) is 0.278. The van der Waals surface area contributed by atoms with Crippen LogP contribution in [0.3, 0.4) is 0 Å². The number of aliphatic hydroxyl groups excluding tert-OH is 1. The predicted octanol–water partition coefficient (Wildman–Crippen LogP) is 5.76. The lowest BCUT2D eigenvalue weighted by Gasteiger charge is -2.26. The Kier molecular flexibility index (Phi) is 6.13. The first-order chi connectivity index (χ1) is 15.7. The first-order valence-corrected chi connectivity index (χ1v) is 11.4. The van der Waals surface area contributed by atoms with E-state index in [9.17, 15) is 14.7 Å². The van der Waals surface area contributed by atoms with E-state index < -0.39 is 17.7 Å². The number of nitrogens with zero attached hydrogens (tertiary/aromatic N) is 2. The number of benzene rings is 3. The van der Waals surface area contributed by atoms with Gasteiger partial charge in [-0.2, -0.15) is 0 Å². The molecule has 1 saturated heterocycles. The topological polar surface area (TPSA) is 60.9 Å². The van der Waals surface area contributed by atoms with Crippen LogP contribution in [-0.4, -0.2) is 30.9 Å². The summed E-state index contributed by atoms with van der Waals surface area (Å²) >= 11 is 3.47. The van der Waals surface area contributed by atoms with E-state index in [1.807, 2.05) is 87.4 Å². The van der Waals surface area contributed by atoms with Crippen LogP contribution in [-0.2, 0) is 9.59 Å². The Bertz CT molecular complexity index is 1260. The molecule has 0 saturated carbocycles. The molecule has 33 heavy (non-hydrogen) atoms. The smallest absolute Gasteiger partial charge is 0.300 e. The summed E-state index contributed by atoms with van der Waals surface area (Å²) in [6, 6.07) is 19.7. The molecular weight excluding hydrogens is 480 g/mol. The van der Waals surface area contributed by atoms with Crippen molar-refractivity contribution >= 4 is 44.8 Å². The number of aryl methyl sites for hydroxylation is 2. The first-order valence-electron chi connectivity index (χ1n) is 10.6. The molecule has 0 aromatic heterocycles. The van der Waals surface area contributed by atoms with Crippen LogP contribution in [0.25, 0.3) is 5.76 Å². The van der Waals surface area contributed by atoms with Crippen LogP contribution in [0.2, 0.25) is 0 Å². The van der Waals surface area contributed by atoms with Gasteiger partial charge in [0, 0.05) is 35.5 Å². The Hall–Kier alpha value is -3.38. The summed E-state index contributed by atoms with van der Waals surface area (Å²) in [7, 11) is 3.90. The highest BCUT2D eigenvalue weighted by Gasteiger charge is 2.46. The number of ketones is 1. The van der Waals surface area contributed by atoms with Gasteiger partial charge in [0.25, 0.3) is 11.7 Å². The van der Waals surface area contributed by atoms with Gasteiger partial charge in [-0.25, -0.2) is 0 Å². The molecule has 3 aromatic carbocycles. The van der Waals surface area contributed by atoms with Gasteiger partial charge in [-0.15, -0.1) is 0 Å². The molecule has 0 bridgehead atoms. The van der Waals surface area contributed by atoms with E-state index in [0.717, 1.165) is 26.9 Å². The number of amides is 1. The molecule has 3 aromatic rings. The highest BCUT2D eigenvalue weighted by atomic mass is 79.9. The number of Topliss-reactive ketones (excluding diaryl/α,β-unsaturated/α-hetero) is 1. The van der Waals surface area contributed by atoms with Gasteiger partial charge in [0.15, 0.2) is 0 Å². The number of hydrogen-bond acceptors (Lipinski definition) is 4. The molecule has 5 nitrogen and oxygen atoms in total. The van der Waals surface area contributed by atoms with Crippen LogP contribution in [0.1, 0.15) is 28.3 Å². The number of hydrogen-bond donors (Lipinski definition) is 1. The molecule has 1 aliphatic rings. The zero-order valence-corrected chi connectivity index (χ0v) is 20.6. The van der Waals surface area contributed by atoms with Crippen LogP contribution in [0.15, 0.2) is 76.8 Å². The third kappa shape index (κ3) is 4.18. The summed E-state index contributed by atoms with van der Waals surface area (Å²) in [4.78, 5) is 29.9. The van der Waals surface area contributed by atoms with Gasteiger partial charge in [0.1, 0.15) is 5.76 Å². The van der Waals surface area contributed by atoms with Crippen molar-refractivity contribution in [2.24, 2.45) is 0 Å². The second-order valence-corrected chi connectivity index (χ2v) is 9.31. The van der Waals surface area contributed by atoms with Gasteiger partial charge >= 0.3 is 0 Å². The van der Waals surface area contributed by atoms with Gasteiger partial charge in [0.2, 0.25) is 0 Å². The number of halogens is 1. The molecule has 0 radical (unpaired) electrons. The Morgan fingerprint density at radius 1 is 0.939 bits per heavy atom. The largest absolute Gasteiger partial charge is 0.507 e. The van der Waals surface area contributed by atoms with E-state index in [1.54, 1.807) is 12.1 Å². The number of carbonyl (C=O) groups is 2. The van der Waals surface area contributed by atoms with Crippen LogP contribution in [0, 0.1) is 13.8 Å². The third-order valence-electron chi connectivity index (χ3n) is 5.91. The molecule has 168 valence electrons. The van der Waals surface area contributed by atoms with Crippen molar-refractivity contribution in [3.05, 3.63) is 99.0 Å². The molecule has 4 rings (SSSR count). The summed E-state index contributed by atoms with van der Waals surface area (Å²) in [6.45, 7) is 3.87. The van der Waals surface area contributed by atoms with E-state index in [2.05, 4.69) is 15.9 Å². The van der Waals surface area contributed by atoms with E-state index in [4.69, 9.17) is 0 Å². The average Bonchev–Trinajstić information content (AvgIpc) is 3.06. The van der Waals surface area contributed by atoms with Gasteiger partial charge in [-0.3, -0.25) is 14.5 Å². The molecule has 6 heteroatoms. The predicted molar refractivity (Wildman–Crippen MR) is 136 cm³/mol. The van der Waals surface area contributed by atoms with Crippen molar-refractivity contribution in [3.63, 3.8) is 0 Å². The Morgan fingerprint density at radius 2 is 1.58 bits per heavy atom. The maximum absolute atomic E-state index is 13.3. The van der Waals surface area contributed by atoms with Crippen molar-refractivity contribution in [2.75, 3.05) is 23.9 Å². The van der Waals surface area contributed by atoms with Crippen LogP contribution < -0.4 is 9.80 Å². The minimum atomic E-state index is -0.743. The minimum absolute atomic E-state index is 0.0832.